The lowest BCUT2D eigenvalue weighted by molar-refractivity contribution is 0.158. The van der Waals surface area contributed by atoms with Gasteiger partial charge < -0.3 is 10.2 Å². The third kappa shape index (κ3) is 4.38. The summed E-state index contributed by atoms with van der Waals surface area (Å²) in [6, 6.07) is 0. The number of hydrogen-bond donors (Lipinski definition) is 2. The predicted molar refractivity (Wildman–Crippen MR) is 46.3 cm³/mol. The first-order valence-corrected chi connectivity index (χ1v) is 4.33. The van der Waals surface area contributed by atoms with Crippen molar-refractivity contribution < 1.29 is 10.2 Å². The van der Waals surface area contributed by atoms with Crippen LogP contribution in [0.4, 0.5) is 0 Å². The molecular weight excluding hydrogens is 140 g/mol. The molecule has 2 N–H and O–H groups in total. The fourth-order valence-corrected chi connectivity index (χ4v) is 1.12. The number of hydrogen-bond acceptors (Lipinski definition) is 2. The summed E-state index contributed by atoms with van der Waals surface area (Å²) < 4.78 is 0. The van der Waals surface area contributed by atoms with Gasteiger partial charge in [-0.3, -0.25) is 0 Å². The summed E-state index contributed by atoms with van der Waals surface area (Å²) in [5, 5.41) is 17.6. The van der Waals surface area contributed by atoms with Crippen molar-refractivity contribution in [1.29, 1.82) is 0 Å². The summed E-state index contributed by atoms with van der Waals surface area (Å²) in [6.45, 7) is 6.68. The molecule has 2 nitrogen and oxygen atoms in total. The molecule has 0 aromatic carbocycles. The molecule has 3 atom stereocenters. The minimum atomic E-state index is 0.249. The molecule has 3 unspecified atom stereocenters. The summed E-state index contributed by atoms with van der Waals surface area (Å²) >= 11 is 0. The Morgan fingerprint density at radius 1 is 0.909 bits per heavy atom. The van der Waals surface area contributed by atoms with Crippen molar-refractivity contribution in [3.8, 4) is 0 Å². The Morgan fingerprint density at radius 3 is 1.82 bits per heavy atom. The maximum Gasteiger partial charge on any atom is 0.0459 e. The third-order valence-electron chi connectivity index (χ3n) is 2.35. The van der Waals surface area contributed by atoms with Crippen LogP contribution in [0.1, 0.15) is 27.2 Å². The lowest BCUT2D eigenvalue weighted by atomic mass is 9.88. The summed E-state index contributed by atoms with van der Waals surface area (Å²) in [4.78, 5) is 0. The van der Waals surface area contributed by atoms with E-state index in [2.05, 4.69) is 6.92 Å². The minimum absolute atomic E-state index is 0.249. The number of rotatable bonds is 5. The molecule has 11 heavy (non-hydrogen) atoms. The van der Waals surface area contributed by atoms with Crippen molar-refractivity contribution in [2.75, 3.05) is 13.2 Å². The highest BCUT2D eigenvalue weighted by molar-refractivity contribution is 4.63. The Bertz CT molecular complexity index is 93.6. The highest BCUT2D eigenvalue weighted by Crippen LogP contribution is 2.18. The Balaban J connectivity index is 3.58. The topological polar surface area (TPSA) is 40.5 Å². The van der Waals surface area contributed by atoms with Crippen LogP contribution in [0.15, 0.2) is 0 Å². The molecule has 0 aliphatic heterocycles. The van der Waals surface area contributed by atoms with Crippen LogP contribution in [0.3, 0.4) is 0 Å². The van der Waals surface area contributed by atoms with Crippen molar-refractivity contribution >= 4 is 0 Å². The average Bonchev–Trinajstić information content (AvgIpc) is 2.02. The molecule has 0 amide bonds. The van der Waals surface area contributed by atoms with E-state index in [9.17, 15) is 0 Å². The van der Waals surface area contributed by atoms with Crippen molar-refractivity contribution in [3.05, 3.63) is 0 Å². The van der Waals surface area contributed by atoms with Gasteiger partial charge in [0.15, 0.2) is 0 Å². The SMILES string of the molecule is CC(CO)CC(C)C(C)CO. The molecule has 0 bridgehead atoms. The molecule has 2 heteroatoms. The van der Waals surface area contributed by atoms with Gasteiger partial charge in [0.05, 0.1) is 0 Å². The lowest BCUT2D eigenvalue weighted by Gasteiger charge is -2.20. The first-order valence-electron chi connectivity index (χ1n) is 4.33. The summed E-state index contributed by atoms with van der Waals surface area (Å²) in [5.41, 5.74) is 0. The van der Waals surface area contributed by atoms with Gasteiger partial charge in [-0.05, 0) is 24.2 Å². The van der Waals surface area contributed by atoms with Gasteiger partial charge in [0, 0.05) is 13.2 Å². The van der Waals surface area contributed by atoms with Crippen LogP contribution in [0.5, 0.6) is 0 Å². The average molecular weight is 160 g/mol. The molecule has 68 valence electrons. The monoisotopic (exact) mass is 160 g/mol. The molecule has 0 fully saturated rings. The van der Waals surface area contributed by atoms with E-state index in [1.54, 1.807) is 0 Å². The highest BCUT2D eigenvalue weighted by Gasteiger charge is 2.13. The Hall–Kier alpha value is -0.0800. The second-order valence-corrected chi connectivity index (χ2v) is 3.66. The molecule has 0 aromatic rings. The fraction of sp³-hybridized carbons (Fsp3) is 1.00. The zero-order valence-corrected chi connectivity index (χ0v) is 7.75. The van der Waals surface area contributed by atoms with Gasteiger partial charge in [-0.2, -0.15) is 0 Å². The first kappa shape index (κ1) is 10.9. The van der Waals surface area contributed by atoms with Crippen molar-refractivity contribution in [1.82, 2.24) is 0 Å². The van der Waals surface area contributed by atoms with Gasteiger partial charge in [0.2, 0.25) is 0 Å². The number of aliphatic hydroxyl groups excluding tert-OH is 2. The smallest absolute Gasteiger partial charge is 0.0459 e. The van der Waals surface area contributed by atoms with Crippen LogP contribution in [0, 0.1) is 17.8 Å². The van der Waals surface area contributed by atoms with Gasteiger partial charge in [0.1, 0.15) is 0 Å². The molecular formula is C9H20O2. The van der Waals surface area contributed by atoms with E-state index in [0.29, 0.717) is 17.8 Å². The molecule has 0 rings (SSSR count). The van der Waals surface area contributed by atoms with Crippen LogP contribution < -0.4 is 0 Å². The second kappa shape index (κ2) is 5.56. The second-order valence-electron chi connectivity index (χ2n) is 3.66. The summed E-state index contributed by atoms with van der Waals surface area (Å²) in [6.07, 6.45) is 0.998. The van der Waals surface area contributed by atoms with Crippen LogP contribution in [0.2, 0.25) is 0 Å². The zero-order valence-electron chi connectivity index (χ0n) is 7.75. The quantitative estimate of drug-likeness (QED) is 0.636. The Morgan fingerprint density at radius 2 is 1.45 bits per heavy atom. The lowest BCUT2D eigenvalue weighted by Crippen LogP contribution is -2.16. The molecule has 0 heterocycles. The van der Waals surface area contributed by atoms with E-state index in [4.69, 9.17) is 10.2 Å². The van der Waals surface area contributed by atoms with Gasteiger partial charge in [0.25, 0.3) is 0 Å². The first-order chi connectivity index (χ1) is 5.11. The van der Waals surface area contributed by atoms with E-state index in [0.717, 1.165) is 6.42 Å². The van der Waals surface area contributed by atoms with Crippen molar-refractivity contribution in [2.45, 2.75) is 27.2 Å². The molecule has 0 radical (unpaired) electrons. The van der Waals surface area contributed by atoms with Crippen LogP contribution >= 0.6 is 0 Å². The van der Waals surface area contributed by atoms with Crippen LogP contribution in [-0.2, 0) is 0 Å². The molecule has 0 saturated carbocycles. The predicted octanol–water partition coefficient (Wildman–Crippen LogP) is 1.27. The minimum Gasteiger partial charge on any atom is -0.396 e. The van der Waals surface area contributed by atoms with Crippen molar-refractivity contribution in [2.24, 2.45) is 17.8 Å². The Labute approximate surface area is 69.2 Å². The zero-order chi connectivity index (χ0) is 8.85. The van der Waals surface area contributed by atoms with Crippen LogP contribution in [-0.4, -0.2) is 23.4 Å². The van der Waals surface area contributed by atoms with Crippen LogP contribution in [0.25, 0.3) is 0 Å². The molecule has 0 saturated heterocycles. The molecule has 0 spiro atoms. The summed E-state index contributed by atoms with van der Waals surface area (Å²) in [5.74, 6) is 1.21. The van der Waals surface area contributed by atoms with E-state index in [-0.39, 0.29) is 13.2 Å². The maximum atomic E-state index is 8.83. The molecule has 0 aliphatic carbocycles. The van der Waals surface area contributed by atoms with E-state index < -0.39 is 0 Å². The van der Waals surface area contributed by atoms with Gasteiger partial charge in [-0.1, -0.05) is 20.8 Å². The third-order valence-corrected chi connectivity index (χ3v) is 2.35. The largest absolute Gasteiger partial charge is 0.396 e. The standard InChI is InChI=1S/C9H20O2/c1-7(5-10)4-8(2)9(3)6-11/h7-11H,4-6H2,1-3H3. The summed E-state index contributed by atoms with van der Waals surface area (Å²) in [7, 11) is 0. The highest BCUT2D eigenvalue weighted by atomic mass is 16.3. The van der Waals surface area contributed by atoms with E-state index in [1.807, 2.05) is 13.8 Å². The van der Waals surface area contributed by atoms with E-state index in [1.165, 1.54) is 0 Å². The Kier molecular flexibility index (Phi) is 5.51. The normalized spacial score (nSPS) is 19.4. The van der Waals surface area contributed by atoms with Gasteiger partial charge in [-0.15, -0.1) is 0 Å². The fourth-order valence-electron chi connectivity index (χ4n) is 1.12. The number of aliphatic hydroxyl groups is 2. The van der Waals surface area contributed by atoms with Gasteiger partial charge >= 0.3 is 0 Å². The van der Waals surface area contributed by atoms with E-state index >= 15 is 0 Å². The maximum absolute atomic E-state index is 8.83. The van der Waals surface area contributed by atoms with Gasteiger partial charge in [-0.25, -0.2) is 0 Å². The van der Waals surface area contributed by atoms with Crippen molar-refractivity contribution in [3.63, 3.8) is 0 Å². The molecule has 0 aromatic heterocycles. The molecule has 0 aliphatic rings.